The van der Waals surface area contributed by atoms with E-state index in [4.69, 9.17) is 4.74 Å². The summed E-state index contributed by atoms with van der Waals surface area (Å²) in [4.78, 5) is 43.8. The van der Waals surface area contributed by atoms with Crippen molar-refractivity contribution in [3.63, 3.8) is 0 Å². The monoisotopic (exact) mass is 827 g/mol. The first-order valence-corrected chi connectivity index (χ1v) is 24.4. The van der Waals surface area contributed by atoms with E-state index in [0.29, 0.717) is 66.0 Å². The second-order valence-electron chi connectivity index (χ2n) is 24.5. The number of amides is 1. The molecular weight excluding hydrogens is 749 g/mol. The van der Waals surface area contributed by atoms with Crippen molar-refractivity contribution < 1.29 is 24.2 Å². The number of hydrogen-bond acceptors (Lipinski definition) is 6. The molecule has 9 nitrogen and oxygen atoms in total. The summed E-state index contributed by atoms with van der Waals surface area (Å²) < 4.78 is 8.90. The van der Waals surface area contributed by atoms with Gasteiger partial charge < -0.3 is 19.3 Å². The Kier molecular flexibility index (Phi) is 9.86. The number of aromatic nitrogens is 3. The molecular formula is C51H78N4O5. The van der Waals surface area contributed by atoms with Gasteiger partial charge in [-0.1, -0.05) is 74.5 Å². The number of allylic oxidation sites excluding steroid dienone is 1. The van der Waals surface area contributed by atoms with Crippen LogP contribution in [0.25, 0.3) is 0 Å². The number of esters is 1. The fourth-order valence-electron chi connectivity index (χ4n) is 17.8. The molecule has 1 amide bonds. The number of carbonyl (C=O) groups excluding carboxylic acids is 2. The summed E-state index contributed by atoms with van der Waals surface area (Å²) in [6, 6.07) is 0.936. The number of fused-ring (bicyclic) bond motifs is 9. The average molecular weight is 827 g/mol. The molecule has 60 heavy (non-hydrogen) atoms. The van der Waals surface area contributed by atoms with Gasteiger partial charge in [0.15, 0.2) is 0 Å². The molecule has 8 fully saturated rings. The summed E-state index contributed by atoms with van der Waals surface area (Å²) >= 11 is 0. The van der Waals surface area contributed by atoms with Crippen LogP contribution in [0.15, 0.2) is 12.2 Å². The van der Waals surface area contributed by atoms with Crippen molar-refractivity contribution in [2.75, 3.05) is 0 Å². The van der Waals surface area contributed by atoms with Gasteiger partial charge in [-0.05, 0) is 161 Å². The van der Waals surface area contributed by atoms with E-state index in [-0.39, 0.29) is 45.1 Å². The second kappa shape index (κ2) is 13.9. The maximum Gasteiger partial charge on any atom is 0.309 e. The molecule has 1 N–H and O–H groups in total. The van der Waals surface area contributed by atoms with Gasteiger partial charge >= 0.3 is 11.9 Å². The molecule has 332 valence electrons. The van der Waals surface area contributed by atoms with Crippen LogP contribution in [-0.2, 0) is 19.1 Å². The SMILES string of the molecule is C=C(C)[C@@H]1CC[C@]2(C(=O)N3[C@@H]4CC[C@H]3C[C@H](n3c(C)nnc3C(C)C)C4)CC[C@]3(C)[C@H](CC[C@@H]4[C@@]5(C)CC[C@H](OC(=O)[C@H]6C[C@@H](C(=O)O)C6(C)C)C(C)(C)[C@@H]5CC[C@]43C)[C@@H]12. The molecule has 2 bridgehead atoms. The fourth-order valence-corrected chi connectivity index (χ4v) is 17.8. The zero-order valence-corrected chi connectivity index (χ0v) is 39.1. The van der Waals surface area contributed by atoms with Gasteiger partial charge in [-0.15, -0.1) is 10.2 Å². The number of ether oxygens (including phenoxy) is 1. The Morgan fingerprint density at radius 2 is 1.43 bits per heavy atom. The van der Waals surface area contributed by atoms with E-state index in [9.17, 15) is 14.7 Å². The van der Waals surface area contributed by atoms with E-state index in [1.165, 1.54) is 24.8 Å². The molecule has 8 aliphatic rings. The summed E-state index contributed by atoms with van der Waals surface area (Å²) in [5.41, 5.74) is 0.633. The zero-order valence-electron chi connectivity index (χ0n) is 39.1. The van der Waals surface area contributed by atoms with Crippen LogP contribution < -0.4 is 0 Å². The number of hydrogen-bond donors (Lipinski definition) is 1. The van der Waals surface area contributed by atoms with E-state index in [1.807, 2.05) is 13.8 Å². The molecule has 9 rings (SSSR count). The van der Waals surface area contributed by atoms with Crippen LogP contribution in [0.5, 0.6) is 0 Å². The first kappa shape index (κ1) is 42.6. The van der Waals surface area contributed by atoms with Crippen molar-refractivity contribution in [2.24, 2.45) is 73.9 Å². The number of carbonyl (C=O) groups is 3. The Bertz CT molecular complexity index is 1940. The second-order valence-corrected chi connectivity index (χ2v) is 24.5. The molecule has 2 saturated heterocycles. The van der Waals surface area contributed by atoms with Gasteiger partial charge in [0, 0.05) is 29.5 Å². The highest BCUT2D eigenvalue weighted by atomic mass is 16.5. The van der Waals surface area contributed by atoms with E-state index in [2.05, 4.69) is 88.6 Å². The highest BCUT2D eigenvalue weighted by Crippen LogP contribution is 2.78. The summed E-state index contributed by atoms with van der Waals surface area (Å²) in [6.45, 7) is 29.9. The summed E-state index contributed by atoms with van der Waals surface area (Å²) in [5.74, 6) is 3.28. The van der Waals surface area contributed by atoms with Gasteiger partial charge in [0.05, 0.1) is 17.3 Å². The molecule has 15 atom stereocenters. The summed E-state index contributed by atoms with van der Waals surface area (Å²) in [7, 11) is 0. The lowest BCUT2D eigenvalue weighted by atomic mass is 9.32. The van der Waals surface area contributed by atoms with Crippen LogP contribution >= 0.6 is 0 Å². The predicted molar refractivity (Wildman–Crippen MR) is 233 cm³/mol. The fraction of sp³-hybridized carbons (Fsp3) is 0.863. The Hall–Kier alpha value is -2.71. The number of nitrogens with zero attached hydrogens (tertiary/aromatic N) is 4. The lowest BCUT2D eigenvalue weighted by Gasteiger charge is -2.73. The Labute approximate surface area is 361 Å². The maximum atomic E-state index is 15.7. The lowest BCUT2D eigenvalue weighted by Crippen LogP contribution is -2.68. The normalized spacial score (nSPS) is 46.1. The topological polar surface area (TPSA) is 115 Å². The van der Waals surface area contributed by atoms with Crippen molar-refractivity contribution in [3.05, 3.63) is 23.8 Å². The predicted octanol–water partition coefficient (Wildman–Crippen LogP) is 10.7. The number of piperidine rings is 1. The van der Waals surface area contributed by atoms with Crippen molar-refractivity contribution in [1.82, 2.24) is 19.7 Å². The largest absolute Gasteiger partial charge is 0.481 e. The van der Waals surface area contributed by atoms with Crippen molar-refractivity contribution >= 4 is 17.8 Å². The van der Waals surface area contributed by atoms with E-state index >= 15 is 4.79 Å². The molecule has 1 aromatic rings. The number of carboxylic acids is 1. The minimum absolute atomic E-state index is 0.130. The molecule has 0 unspecified atom stereocenters. The van der Waals surface area contributed by atoms with E-state index < -0.39 is 17.3 Å². The first-order valence-electron chi connectivity index (χ1n) is 24.4. The molecule has 1 aromatic heterocycles. The lowest BCUT2D eigenvalue weighted by molar-refractivity contribution is -0.251. The number of carboxylic acid groups (broad SMARTS) is 1. The summed E-state index contributed by atoms with van der Waals surface area (Å²) in [6.07, 6.45) is 15.3. The van der Waals surface area contributed by atoms with Gasteiger partial charge in [-0.3, -0.25) is 14.4 Å². The number of aryl methyl sites for hydroxylation is 1. The minimum atomic E-state index is -0.813. The van der Waals surface area contributed by atoms with E-state index in [1.54, 1.807) is 0 Å². The molecule has 6 aliphatic carbocycles. The molecule has 6 saturated carbocycles. The van der Waals surface area contributed by atoms with Crippen LogP contribution in [-0.4, -0.2) is 60.8 Å². The smallest absolute Gasteiger partial charge is 0.309 e. The third kappa shape index (κ3) is 5.62. The van der Waals surface area contributed by atoms with Crippen LogP contribution in [0.3, 0.4) is 0 Å². The quantitative estimate of drug-likeness (QED) is 0.215. The molecule has 2 aliphatic heterocycles. The van der Waals surface area contributed by atoms with Gasteiger partial charge in [0.25, 0.3) is 0 Å². The van der Waals surface area contributed by atoms with Gasteiger partial charge in [0.2, 0.25) is 5.91 Å². The van der Waals surface area contributed by atoms with Crippen LogP contribution in [0, 0.1) is 80.8 Å². The van der Waals surface area contributed by atoms with Crippen molar-refractivity contribution in [3.8, 4) is 0 Å². The Morgan fingerprint density at radius 1 is 0.750 bits per heavy atom. The maximum absolute atomic E-state index is 15.7. The van der Waals surface area contributed by atoms with Gasteiger partial charge in [0.1, 0.15) is 17.8 Å². The van der Waals surface area contributed by atoms with Crippen LogP contribution in [0.2, 0.25) is 0 Å². The highest BCUT2D eigenvalue weighted by molar-refractivity contribution is 5.85. The standard InChI is InChI=1S/C51H78N4O5/c1-28(2)34-17-22-51(45(59)55-31-13-14-32(55)26-33(25-31)54-30(5)52-53-42(54)29(3)4)24-23-49(11)35(41(34)51)15-16-39-48(10)20-19-40(47(8,9)38(48)18-21-50(39,49)12)60-44(58)37-27-36(43(56)57)46(37,6)7/h29,31-41H,1,13-27H2,2-12H3,(H,56,57)/t31-,32+,33-,34-,35+,36-,37+,38-,39+,40-,41+,48-,49+,50+,51-/m0/s1. The highest BCUT2D eigenvalue weighted by Gasteiger charge is 2.73. The van der Waals surface area contributed by atoms with Gasteiger partial charge in [-0.25, -0.2) is 0 Å². The Balaban J connectivity index is 0.962. The van der Waals surface area contributed by atoms with Crippen molar-refractivity contribution in [1.29, 1.82) is 0 Å². The third-order valence-corrected chi connectivity index (χ3v) is 21.3. The Morgan fingerprint density at radius 3 is 2.05 bits per heavy atom. The summed E-state index contributed by atoms with van der Waals surface area (Å²) in [5, 5.41) is 18.8. The van der Waals surface area contributed by atoms with Crippen LogP contribution in [0.1, 0.15) is 189 Å². The van der Waals surface area contributed by atoms with E-state index in [0.717, 1.165) is 82.3 Å². The first-order chi connectivity index (χ1) is 28.0. The molecule has 0 aromatic carbocycles. The minimum Gasteiger partial charge on any atom is -0.481 e. The third-order valence-electron chi connectivity index (χ3n) is 21.3. The molecule has 9 heteroatoms. The number of aliphatic carboxylic acids is 1. The van der Waals surface area contributed by atoms with Gasteiger partial charge in [-0.2, -0.15) is 0 Å². The average Bonchev–Trinajstić information content (AvgIpc) is 3.83. The molecule has 0 radical (unpaired) electrons. The molecule has 3 heterocycles. The number of rotatable bonds is 7. The van der Waals surface area contributed by atoms with Crippen LogP contribution in [0.4, 0.5) is 0 Å². The van der Waals surface area contributed by atoms with Crippen molar-refractivity contribution in [2.45, 2.75) is 203 Å². The zero-order chi connectivity index (χ0) is 43.3. The molecule has 0 spiro atoms.